The van der Waals surface area contributed by atoms with Gasteiger partial charge in [-0.2, -0.15) is 0 Å². The zero-order valence-corrected chi connectivity index (χ0v) is 11.0. The molecule has 0 aliphatic carbocycles. The first-order valence-corrected chi connectivity index (χ1v) is 6.41. The third kappa shape index (κ3) is 2.83. The second-order valence-electron chi connectivity index (χ2n) is 4.57. The quantitative estimate of drug-likeness (QED) is 0.789. The van der Waals surface area contributed by atoms with Gasteiger partial charge in [-0.1, -0.05) is 13.0 Å². The van der Waals surface area contributed by atoms with Crippen LogP contribution in [0.4, 0.5) is 5.82 Å². The summed E-state index contributed by atoms with van der Waals surface area (Å²) in [7, 11) is 0. The summed E-state index contributed by atoms with van der Waals surface area (Å²) in [4.78, 5) is 31.0. The number of anilines is 1. The van der Waals surface area contributed by atoms with Crippen molar-refractivity contribution in [3.63, 3.8) is 0 Å². The highest BCUT2D eigenvalue weighted by atomic mass is 16.2. The molecule has 1 saturated heterocycles. The Balaban J connectivity index is 2.06. The van der Waals surface area contributed by atoms with E-state index < -0.39 is 11.8 Å². The minimum atomic E-state index is -0.456. The van der Waals surface area contributed by atoms with E-state index >= 15 is 0 Å². The van der Waals surface area contributed by atoms with Crippen LogP contribution in [-0.4, -0.2) is 46.2 Å². The molecule has 1 aliphatic rings. The first kappa shape index (κ1) is 13.3. The Morgan fingerprint density at radius 3 is 2.63 bits per heavy atom. The van der Waals surface area contributed by atoms with E-state index in [9.17, 15) is 9.59 Å². The molecule has 0 bridgehead atoms. The molecular formula is C13H18N4O2. The molecular weight excluding hydrogens is 244 g/mol. The molecule has 102 valence electrons. The molecule has 0 atom stereocenters. The number of piperazine rings is 1. The molecule has 6 nitrogen and oxygen atoms in total. The number of amides is 2. The first-order valence-electron chi connectivity index (χ1n) is 6.41. The number of nitrogens with two attached hydrogens (primary N) is 1. The first-order chi connectivity index (χ1) is 9.13. The highest BCUT2D eigenvalue weighted by Crippen LogP contribution is 2.14. The zero-order valence-electron chi connectivity index (χ0n) is 11.0. The lowest BCUT2D eigenvalue weighted by Crippen LogP contribution is -2.54. The second-order valence-corrected chi connectivity index (χ2v) is 4.57. The molecule has 1 aromatic rings. The van der Waals surface area contributed by atoms with Crippen LogP contribution < -0.4 is 5.73 Å². The second kappa shape index (κ2) is 5.69. The molecule has 2 amide bonds. The third-order valence-electron chi connectivity index (χ3n) is 3.18. The smallest absolute Gasteiger partial charge is 0.312 e. The molecule has 0 saturated carbocycles. The molecule has 1 aliphatic heterocycles. The van der Waals surface area contributed by atoms with Crippen molar-refractivity contribution in [3.8, 4) is 0 Å². The van der Waals surface area contributed by atoms with Crippen LogP contribution >= 0.6 is 0 Å². The van der Waals surface area contributed by atoms with E-state index in [1.807, 2.05) is 13.0 Å². The van der Waals surface area contributed by atoms with Gasteiger partial charge in [0.15, 0.2) is 0 Å². The summed E-state index contributed by atoms with van der Waals surface area (Å²) in [6, 6.07) is 3.59. The molecule has 0 radical (unpaired) electrons. The molecule has 0 unspecified atom stereocenters. The van der Waals surface area contributed by atoms with E-state index in [0.717, 1.165) is 12.0 Å². The van der Waals surface area contributed by atoms with Crippen molar-refractivity contribution in [2.24, 2.45) is 0 Å². The van der Waals surface area contributed by atoms with Crippen molar-refractivity contribution in [2.45, 2.75) is 19.9 Å². The average molecular weight is 262 g/mol. The molecule has 1 aromatic heterocycles. The summed E-state index contributed by atoms with van der Waals surface area (Å²) in [5.41, 5.74) is 6.52. The molecule has 6 heteroatoms. The molecule has 2 rings (SSSR count). The van der Waals surface area contributed by atoms with E-state index in [-0.39, 0.29) is 0 Å². The Bertz CT molecular complexity index is 489. The fourth-order valence-corrected chi connectivity index (χ4v) is 2.14. The van der Waals surface area contributed by atoms with Crippen molar-refractivity contribution < 1.29 is 9.59 Å². The maximum absolute atomic E-state index is 12.0. The summed E-state index contributed by atoms with van der Waals surface area (Å²) in [6.45, 7) is 4.08. The van der Waals surface area contributed by atoms with E-state index in [2.05, 4.69) is 4.98 Å². The number of hydrogen-bond donors (Lipinski definition) is 1. The standard InChI is InChI=1S/C13H18N4O2/c1-2-6-16-7-8-17(13(19)12(16)18)9-10-4-3-5-15-11(10)14/h3-5H,2,6-9H2,1H3,(H2,14,15). The van der Waals surface area contributed by atoms with Gasteiger partial charge in [-0.05, 0) is 12.5 Å². The number of hydrogen-bond acceptors (Lipinski definition) is 4. The zero-order chi connectivity index (χ0) is 13.8. The van der Waals surface area contributed by atoms with Crippen LogP contribution in [0.2, 0.25) is 0 Å². The Morgan fingerprint density at radius 1 is 1.26 bits per heavy atom. The molecule has 2 N–H and O–H groups in total. The van der Waals surface area contributed by atoms with Crippen molar-refractivity contribution in [1.29, 1.82) is 0 Å². The normalized spacial score (nSPS) is 16.1. The molecule has 1 fully saturated rings. The van der Waals surface area contributed by atoms with Crippen LogP contribution in [0, 0.1) is 0 Å². The molecule has 19 heavy (non-hydrogen) atoms. The molecule has 0 aromatic carbocycles. The van der Waals surface area contributed by atoms with Crippen LogP contribution in [0.15, 0.2) is 18.3 Å². The predicted octanol–water partition coefficient (Wildman–Crippen LogP) is 0.245. The summed E-state index contributed by atoms with van der Waals surface area (Å²) >= 11 is 0. The summed E-state index contributed by atoms with van der Waals surface area (Å²) in [5, 5.41) is 0. The van der Waals surface area contributed by atoms with Gasteiger partial charge in [0.05, 0.1) is 0 Å². The van der Waals surface area contributed by atoms with Crippen molar-refractivity contribution in [1.82, 2.24) is 14.8 Å². The lowest BCUT2D eigenvalue weighted by atomic mass is 10.2. The predicted molar refractivity (Wildman–Crippen MR) is 70.9 cm³/mol. The van der Waals surface area contributed by atoms with Gasteiger partial charge >= 0.3 is 11.8 Å². The highest BCUT2D eigenvalue weighted by molar-refractivity contribution is 6.35. The minimum Gasteiger partial charge on any atom is -0.383 e. The molecule has 2 heterocycles. The lowest BCUT2D eigenvalue weighted by molar-refractivity contribution is -0.156. The Labute approximate surface area is 112 Å². The van der Waals surface area contributed by atoms with Gasteiger partial charge < -0.3 is 15.5 Å². The van der Waals surface area contributed by atoms with Gasteiger partial charge in [-0.3, -0.25) is 9.59 Å². The Hall–Kier alpha value is -2.11. The fourth-order valence-electron chi connectivity index (χ4n) is 2.14. The van der Waals surface area contributed by atoms with Crippen LogP contribution in [0.3, 0.4) is 0 Å². The van der Waals surface area contributed by atoms with Gasteiger partial charge in [0.2, 0.25) is 0 Å². The number of nitrogen functional groups attached to an aromatic ring is 1. The number of aromatic nitrogens is 1. The van der Waals surface area contributed by atoms with Gasteiger partial charge in [0.1, 0.15) is 5.82 Å². The summed E-state index contributed by atoms with van der Waals surface area (Å²) < 4.78 is 0. The fraction of sp³-hybridized carbons (Fsp3) is 0.462. The van der Waals surface area contributed by atoms with Gasteiger partial charge in [0, 0.05) is 37.9 Å². The minimum absolute atomic E-state index is 0.338. The van der Waals surface area contributed by atoms with Crippen LogP contribution in [0.1, 0.15) is 18.9 Å². The number of carbonyl (C=O) groups excluding carboxylic acids is 2. The Kier molecular flexibility index (Phi) is 3.99. The van der Waals surface area contributed by atoms with Crippen molar-refractivity contribution >= 4 is 17.6 Å². The maximum Gasteiger partial charge on any atom is 0.312 e. The van der Waals surface area contributed by atoms with Crippen molar-refractivity contribution in [2.75, 3.05) is 25.4 Å². The number of carbonyl (C=O) groups is 2. The summed E-state index contributed by atoms with van der Waals surface area (Å²) in [5.74, 6) is -0.475. The Morgan fingerprint density at radius 2 is 1.95 bits per heavy atom. The van der Waals surface area contributed by atoms with Crippen LogP contribution in [-0.2, 0) is 16.1 Å². The van der Waals surface area contributed by atoms with E-state index in [4.69, 9.17) is 5.73 Å². The third-order valence-corrected chi connectivity index (χ3v) is 3.18. The average Bonchev–Trinajstić information content (AvgIpc) is 2.41. The topological polar surface area (TPSA) is 79.5 Å². The number of nitrogens with zero attached hydrogens (tertiary/aromatic N) is 3. The van der Waals surface area contributed by atoms with E-state index in [1.165, 1.54) is 4.90 Å². The molecule has 0 spiro atoms. The lowest BCUT2D eigenvalue weighted by Gasteiger charge is -2.33. The van der Waals surface area contributed by atoms with Gasteiger partial charge in [0.25, 0.3) is 0 Å². The van der Waals surface area contributed by atoms with E-state index in [0.29, 0.717) is 32.0 Å². The summed E-state index contributed by atoms with van der Waals surface area (Å²) in [6.07, 6.45) is 2.46. The van der Waals surface area contributed by atoms with Gasteiger partial charge in [-0.25, -0.2) is 4.98 Å². The maximum atomic E-state index is 12.0. The van der Waals surface area contributed by atoms with Gasteiger partial charge in [-0.15, -0.1) is 0 Å². The van der Waals surface area contributed by atoms with Crippen LogP contribution in [0.25, 0.3) is 0 Å². The van der Waals surface area contributed by atoms with Crippen LogP contribution in [0.5, 0.6) is 0 Å². The number of rotatable bonds is 4. The van der Waals surface area contributed by atoms with Crippen molar-refractivity contribution in [3.05, 3.63) is 23.9 Å². The van der Waals surface area contributed by atoms with E-state index in [1.54, 1.807) is 17.2 Å². The largest absolute Gasteiger partial charge is 0.383 e. The SMILES string of the molecule is CCCN1CCN(Cc2cccnc2N)C(=O)C1=O. The monoisotopic (exact) mass is 262 g/mol. The number of pyridine rings is 1. The highest BCUT2D eigenvalue weighted by Gasteiger charge is 2.32.